The first kappa shape index (κ1) is 15.9. The standard InChI is InChI=1S/C16H15N3O5/c20-14-9-13(16(22)17-14)18(11-6-7-11)15(21)8-5-10-3-1-2-4-12(10)19(23)24/h1-5,8,11,13H,6-7,9H2,(H,17,20,22). The molecule has 1 N–H and O–H groups in total. The van der Waals surface area contributed by atoms with Crippen molar-refractivity contribution in [2.45, 2.75) is 31.3 Å². The summed E-state index contributed by atoms with van der Waals surface area (Å²) >= 11 is 0. The van der Waals surface area contributed by atoms with Crippen molar-refractivity contribution in [2.24, 2.45) is 0 Å². The molecule has 0 aromatic heterocycles. The molecule has 8 heteroatoms. The summed E-state index contributed by atoms with van der Waals surface area (Å²) in [4.78, 5) is 47.6. The monoisotopic (exact) mass is 329 g/mol. The van der Waals surface area contributed by atoms with Gasteiger partial charge in [-0.3, -0.25) is 29.8 Å². The molecule has 0 radical (unpaired) electrons. The summed E-state index contributed by atoms with van der Waals surface area (Å²) < 4.78 is 0. The fourth-order valence-corrected chi connectivity index (χ4v) is 2.75. The summed E-state index contributed by atoms with van der Waals surface area (Å²) in [7, 11) is 0. The Labute approximate surface area is 137 Å². The number of amides is 3. The summed E-state index contributed by atoms with van der Waals surface area (Å²) in [6, 6.07) is 5.21. The number of hydrogen-bond acceptors (Lipinski definition) is 5. The van der Waals surface area contributed by atoms with Gasteiger partial charge in [0.2, 0.25) is 17.7 Å². The number of nitro groups is 1. The number of carbonyl (C=O) groups is 3. The van der Waals surface area contributed by atoms with Crippen molar-refractivity contribution in [3.8, 4) is 0 Å². The van der Waals surface area contributed by atoms with E-state index < -0.39 is 28.7 Å². The summed E-state index contributed by atoms with van der Waals surface area (Å²) in [5.41, 5.74) is 0.201. The minimum Gasteiger partial charge on any atom is -0.324 e. The van der Waals surface area contributed by atoms with Crippen LogP contribution < -0.4 is 5.32 Å². The molecule has 1 atom stereocenters. The Morgan fingerprint density at radius 1 is 1.29 bits per heavy atom. The van der Waals surface area contributed by atoms with Crippen LogP contribution in [0.1, 0.15) is 24.8 Å². The van der Waals surface area contributed by atoms with Gasteiger partial charge in [-0.2, -0.15) is 0 Å². The zero-order valence-corrected chi connectivity index (χ0v) is 12.7. The molecule has 8 nitrogen and oxygen atoms in total. The molecule has 2 aliphatic rings. The SMILES string of the molecule is O=C1CC(N(C(=O)C=Cc2ccccc2[N+](=O)[O-])C2CC2)C(=O)N1. The highest BCUT2D eigenvalue weighted by atomic mass is 16.6. The van der Waals surface area contributed by atoms with Crippen LogP contribution in [0.3, 0.4) is 0 Å². The van der Waals surface area contributed by atoms with Crippen molar-refractivity contribution >= 4 is 29.5 Å². The quantitative estimate of drug-likeness (QED) is 0.375. The Bertz CT molecular complexity index is 754. The molecule has 1 saturated heterocycles. The molecule has 3 rings (SSSR count). The van der Waals surface area contributed by atoms with Crippen LogP contribution in [0.4, 0.5) is 5.69 Å². The van der Waals surface area contributed by atoms with Gasteiger partial charge in [0.1, 0.15) is 6.04 Å². The smallest absolute Gasteiger partial charge is 0.276 e. The molecule has 124 valence electrons. The van der Waals surface area contributed by atoms with E-state index in [4.69, 9.17) is 0 Å². The van der Waals surface area contributed by atoms with E-state index in [2.05, 4.69) is 5.32 Å². The third-order valence-electron chi connectivity index (χ3n) is 4.01. The lowest BCUT2D eigenvalue weighted by Crippen LogP contribution is -2.45. The van der Waals surface area contributed by atoms with Gasteiger partial charge >= 0.3 is 0 Å². The van der Waals surface area contributed by atoms with Crippen molar-refractivity contribution < 1.29 is 19.3 Å². The molecule has 1 aliphatic carbocycles. The molecule has 1 saturated carbocycles. The van der Waals surface area contributed by atoms with Gasteiger partial charge in [-0.05, 0) is 25.0 Å². The number of nitrogens with one attached hydrogen (secondary N) is 1. The number of imide groups is 1. The fourth-order valence-electron chi connectivity index (χ4n) is 2.75. The molecule has 0 spiro atoms. The number of benzene rings is 1. The molecule has 1 heterocycles. The number of nitro benzene ring substituents is 1. The van der Waals surface area contributed by atoms with Crippen LogP contribution in [0.25, 0.3) is 6.08 Å². The molecule has 0 bridgehead atoms. The van der Waals surface area contributed by atoms with E-state index in [1.54, 1.807) is 12.1 Å². The Morgan fingerprint density at radius 2 is 2.00 bits per heavy atom. The number of rotatable bonds is 5. The molecule has 1 aliphatic heterocycles. The first-order chi connectivity index (χ1) is 11.5. The molecule has 1 unspecified atom stereocenters. The number of nitrogens with zero attached hydrogens (tertiary/aromatic N) is 2. The van der Waals surface area contributed by atoms with E-state index in [9.17, 15) is 24.5 Å². The first-order valence-corrected chi connectivity index (χ1v) is 7.55. The molecule has 3 amide bonds. The van der Waals surface area contributed by atoms with Gasteiger partial charge in [0.15, 0.2) is 0 Å². The lowest BCUT2D eigenvalue weighted by Gasteiger charge is -2.25. The van der Waals surface area contributed by atoms with E-state index >= 15 is 0 Å². The van der Waals surface area contributed by atoms with E-state index in [1.807, 2.05) is 0 Å². The predicted molar refractivity (Wildman–Crippen MR) is 83.6 cm³/mol. The average molecular weight is 329 g/mol. The predicted octanol–water partition coefficient (Wildman–Crippen LogP) is 1.01. The topological polar surface area (TPSA) is 110 Å². The zero-order chi connectivity index (χ0) is 17.3. The Balaban J connectivity index is 1.81. The molecule has 1 aromatic rings. The van der Waals surface area contributed by atoms with Crippen LogP contribution in [-0.2, 0) is 14.4 Å². The average Bonchev–Trinajstić information content (AvgIpc) is 3.31. The van der Waals surface area contributed by atoms with Crippen LogP contribution in [0.15, 0.2) is 30.3 Å². The van der Waals surface area contributed by atoms with Crippen molar-refractivity contribution in [1.82, 2.24) is 10.2 Å². The largest absolute Gasteiger partial charge is 0.324 e. The van der Waals surface area contributed by atoms with Gasteiger partial charge in [-0.15, -0.1) is 0 Å². The minimum atomic E-state index is -0.798. The van der Waals surface area contributed by atoms with Crippen molar-refractivity contribution in [1.29, 1.82) is 0 Å². The van der Waals surface area contributed by atoms with Gasteiger partial charge in [-0.25, -0.2) is 0 Å². The van der Waals surface area contributed by atoms with Gasteiger partial charge in [0.25, 0.3) is 5.69 Å². The van der Waals surface area contributed by atoms with Crippen LogP contribution in [0.5, 0.6) is 0 Å². The van der Waals surface area contributed by atoms with E-state index in [-0.39, 0.29) is 18.2 Å². The highest BCUT2D eigenvalue weighted by molar-refractivity contribution is 6.08. The molecule has 24 heavy (non-hydrogen) atoms. The number of carbonyl (C=O) groups excluding carboxylic acids is 3. The van der Waals surface area contributed by atoms with Gasteiger partial charge in [-0.1, -0.05) is 12.1 Å². The highest BCUT2D eigenvalue weighted by Gasteiger charge is 2.43. The molecule has 1 aromatic carbocycles. The zero-order valence-electron chi connectivity index (χ0n) is 12.7. The maximum absolute atomic E-state index is 12.5. The molecular formula is C16H15N3O5. The van der Waals surface area contributed by atoms with Crippen LogP contribution in [0, 0.1) is 10.1 Å². The first-order valence-electron chi connectivity index (χ1n) is 7.55. The summed E-state index contributed by atoms with van der Waals surface area (Å²) in [5, 5.41) is 13.2. The summed E-state index contributed by atoms with van der Waals surface area (Å²) in [5.74, 6) is -1.30. The second-order valence-electron chi connectivity index (χ2n) is 5.76. The fraction of sp³-hybridized carbons (Fsp3) is 0.312. The number of hydrogen-bond donors (Lipinski definition) is 1. The van der Waals surface area contributed by atoms with Gasteiger partial charge in [0.05, 0.1) is 16.9 Å². The van der Waals surface area contributed by atoms with Crippen LogP contribution in [0.2, 0.25) is 0 Å². The third kappa shape index (κ3) is 3.17. The summed E-state index contributed by atoms with van der Waals surface area (Å²) in [6.07, 6.45) is 4.10. The maximum Gasteiger partial charge on any atom is 0.276 e. The lowest BCUT2D eigenvalue weighted by molar-refractivity contribution is -0.385. The summed E-state index contributed by atoms with van der Waals surface area (Å²) in [6.45, 7) is 0. The Kier molecular flexibility index (Phi) is 4.11. The van der Waals surface area contributed by atoms with Crippen LogP contribution in [-0.4, -0.2) is 39.6 Å². The van der Waals surface area contributed by atoms with E-state index in [0.717, 1.165) is 12.8 Å². The second kappa shape index (κ2) is 6.23. The van der Waals surface area contributed by atoms with Gasteiger partial charge < -0.3 is 4.90 Å². The van der Waals surface area contributed by atoms with E-state index in [0.29, 0.717) is 5.56 Å². The van der Waals surface area contributed by atoms with Gasteiger partial charge in [0, 0.05) is 18.2 Å². The Morgan fingerprint density at radius 3 is 2.58 bits per heavy atom. The Hall–Kier alpha value is -3.03. The van der Waals surface area contributed by atoms with Crippen molar-refractivity contribution in [3.05, 3.63) is 46.0 Å². The van der Waals surface area contributed by atoms with Crippen molar-refractivity contribution in [2.75, 3.05) is 0 Å². The number of para-hydroxylation sites is 1. The normalized spacial score (nSPS) is 20.2. The molecular weight excluding hydrogens is 314 g/mol. The lowest BCUT2D eigenvalue weighted by atomic mass is 10.1. The minimum absolute atomic E-state index is 0.0413. The maximum atomic E-state index is 12.5. The van der Waals surface area contributed by atoms with Crippen molar-refractivity contribution in [3.63, 3.8) is 0 Å². The van der Waals surface area contributed by atoms with E-state index in [1.165, 1.54) is 29.2 Å². The highest BCUT2D eigenvalue weighted by Crippen LogP contribution is 2.31. The third-order valence-corrected chi connectivity index (χ3v) is 4.01. The second-order valence-corrected chi connectivity index (χ2v) is 5.76. The molecule has 2 fully saturated rings. The van der Waals surface area contributed by atoms with Crippen LogP contribution >= 0.6 is 0 Å².